The van der Waals surface area contributed by atoms with Crippen molar-refractivity contribution in [2.45, 2.75) is 38.8 Å². The van der Waals surface area contributed by atoms with Gasteiger partial charge in [0.1, 0.15) is 17.5 Å². The van der Waals surface area contributed by atoms with Gasteiger partial charge in [-0.05, 0) is 63.0 Å². The molecule has 1 unspecified atom stereocenters. The lowest BCUT2D eigenvalue weighted by Gasteiger charge is -2.30. The summed E-state index contributed by atoms with van der Waals surface area (Å²) in [6.07, 6.45) is 4.95. The third-order valence-corrected chi connectivity index (χ3v) is 6.22. The third kappa shape index (κ3) is 4.50. The first-order valence-corrected chi connectivity index (χ1v) is 11.2. The Labute approximate surface area is 187 Å². The smallest absolute Gasteiger partial charge is 0.243 e. The van der Waals surface area contributed by atoms with E-state index in [1.165, 1.54) is 30.5 Å². The summed E-state index contributed by atoms with van der Waals surface area (Å²) in [6.45, 7) is 5.65. The van der Waals surface area contributed by atoms with E-state index < -0.39 is 6.04 Å². The molecule has 1 amide bonds. The summed E-state index contributed by atoms with van der Waals surface area (Å²) in [7, 11) is 0. The summed E-state index contributed by atoms with van der Waals surface area (Å²) in [5.41, 5.74) is 3.29. The van der Waals surface area contributed by atoms with Crippen LogP contribution in [0.1, 0.15) is 37.3 Å². The molecule has 0 saturated carbocycles. The zero-order valence-corrected chi connectivity index (χ0v) is 18.4. The summed E-state index contributed by atoms with van der Waals surface area (Å²) >= 11 is 6.12. The lowest BCUT2D eigenvalue weighted by molar-refractivity contribution is -0.121. The topological polar surface area (TPSA) is 76.0 Å². The number of aromatic hydroxyl groups is 2. The molecule has 2 aromatic rings. The second-order valence-electron chi connectivity index (χ2n) is 8.08. The quantitative estimate of drug-likeness (QED) is 0.629. The Morgan fingerprint density at radius 2 is 1.84 bits per heavy atom. The molecule has 2 aliphatic rings. The molecule has 0 spiro atoms. The molecule has 6 nitrogen and oxygen atoms in total. The van der Waals surface area contributed by atoms with Crippen molar-refractivity contribution in [2.24, 2.45) is 0 Å². The predicted molar refractivity (Wildman–Crippen MR) is 123 cm³/mol. The minimum atomic E-state index is -0.425. The average molecular weight is 442 g/mol. The van der Waals surface area contributed by atoms with E-state index in [4.69, 9.17) is 11.6 Å². The average Bonchev–Trinajstić information content (AvgIpc) is 3.41. The summed E-state index contributed by atoms with van der Waals surface area (Å²) in [6, 6.07) is 10.6. The fourth-order valence-corrected chi connectivity index (χ4v) is 4.55. The standard InChI is InChI=1S/C24H28ClN3O3/c1-2-26-24(31)21-10-9-20(18-13-19(25)23(30)14-22(18)29)28(21)17-7-5-16(6-8-17)15-27-11-3-4-12-27/h5-9,13-14,21,29-30H,2-4,10-12,15H2,1H3,(H,26,31). The first-order valence-electron chi connectivity index (χ1n) is 10.8. The van der Waals surface area contributed by atoms with Crippen molar-refractivity contribution >= 4 is 28.9 Å². The first-order chi connectivity index (χ1) is 15.0. The maximum absolute atomic E-state index is 12.8. The second-order valence-corrected chi connectivity index (χ2v) is 8.48. The van der Waals surface area contributed by atoms with Crippen LogP contribution in [0.5, 0.6) is 11.5 Å². The van der Waals surface area contributed by atoms with Gasteiger partial charge in [-0.1, -0.05) is 29.8 Å². The highest BCUT2D eigenvalue weighted by Crippen LogP contribution is 2.41. The van der Waals surface area contributed by atoms with Crippen LogP contribution in [-0.4, -0.2) is 46.7 Å². The van der Waals surface area contributed by atoms with Crippen LogP contribution in [0.15, 0.2) is 42.5 Å². The number of benzene rings is 2. The van der Waals surface area contributed by atoms with E-state index in [-0.39, 0.29) is 22.4 Å². The van der Waals surface area contributed by atoms with Gasteiger partial charge in [0.25, 0.3) is 0 Å². The van der Waals surface area contributed by atoms with E-state index in [1.54, 1.807) is 0 Å². The Balaban J connectivity index is 1.66. The molecule has 2 aromatic carbocycles. The Kier molecular flexibility index (Phi) is 6.39. The van der Waals surface area contributed by atoms with Crippen LogP contribution in [-0.2, 0) is 11.3 Å². The fraction of sp³-hybridized carbons (Fsp3) is 0.375. The molecule has 1 saturated heterocycles. The summed E-state index contributed by atoms with van der Waals surface area (Å²) in [5, 5.41) is 23.3. The Bertz CT molecular complexity index is 984. The number of phenols is 2. The van der Waals surface area contributed by atoms with Crippen LogP contribution in [0, 0.1) is 0 Å². The largest absolute Gasteiger partial charge is 0.507 e. The minimum absolute atomic E-state index is 0.0701. The molecular weight excluding hydrogens is 414 g/mol. The van der Waals surface area contributed by atoms with Gasteiger partial charge in [0.15, 0.2) is 0 Å². The maximum Gasteiger partial charge on any atom is 0.243 e. The molecule has 164 valence electrons. The highest BCUT2D eigenvalue weighted by molar-refractivity contribution is 6.32. The Hall–Kier alpha value is -2.70. The van der Waals surface area contributed by atoms with Crippen LogP contribution in [0.4, 0.5) is 5.69 Å². The summed E-state index contributed by atoms with van der Waals surface area (Å²) in [4.78, 5) is 17.2. The molecule has 4 rings (SSSR count). The third-order valence-electron chi connectivity index (χ3n) is 5.92. The Morgan fingerprint density at radius 1 is 1.13 bits per heavy atom. The SMILES string of the molecule is CCNC(=O)C1CC=C(c2cc(Cl)c(O)cc2O)N1c1ccc(CN2CCCC2)cc1. The van der Waals surface area contributed by atoms with E-state index >= 15 is 0 Å². The number of rotatable bonds is 6. The van der Waals surface area contributed by atoms with Crippen LogP contribution in [0.25, 0.3) is 5.70 Å². The maximum atomic E-state index is 12.8. The molecular formula is C24H28ClN3O3. The normalized spacial score (nSPS) is 19.0. The van der Waals surface area contributed by atoms with Crippen molar-refractivity contribution in [3.8, 4) is 11.5 Å². The molecule has 0 bridgehead atoms. The molecule has 0 radical (unpaired) electrons. The van der Waals surface area contributed by atoms with Crippen molar-refractivity contribution in [1.29, 1.82) is 0 Å². The Morgan fingerprint density at radius 3 is 2.52 bits per heavy atom. The molecule has 1 atom stereocenters. The van der Waals surface area contributed by atoms with E-state index in [2.05, 4.69) is 22.3 Å². The first kappa shape index (κ1) is 21.5. The number of carbonyl (C=O) groups is 1. The number of hydrogen-bond acceptors (Lipinski definition) is 5. The zero-order valence-electron chi connectivity index (χ0n) is 17.6. The van der Waals surface area contributed by atoms with Crippen molar-refractivity contribution in [1.82, 2.24) is 10.2 Å². The van der Waals surface area contributed by atoms with E-state index in [9.17, 15) is 15.0 Å². The number of likely N-dealkylation sites (tertiary alicyclic amines) is 1. The summed E-state index contributed by atoms with van der Waals surface area (Å²) < 4.78 is 0. The molecule has 2 heterocycles. The molecule has 0 aromatic heterocycles. The lowest BCUT2D eigenvalue weighted by atomic mass is 10.1. The van der Waals surface area contributed by atoms with Crippen LogP contribution >= 0.6 is 11.6 Å². The van der Waals surface area contributed by atoms with Gasteiger partial charge in [-0.15, -0.1) is 0 Å². The fourth-order valence-electron chi connectivity index (χ4n) is 4.39. The molecule has 0 aliphatic carbocycles. The highest BCUT2D eigenvalue weighted by Gasteiger charge is 2.34. The number of hydrogen-bond donors (Lipinski definition) is 3. The molecule has 3 N–H and O–H groups in total. The number of phenolic OH excluding ortho intramolecular Hbond substituents is 2. The number of anilines is 1. The summed E-state index contributed by atoms with van der Waals surface area (Å²) in [5.74, 6) is -0.334. The minimum Gasteiger partial charge on any atom is -0.507 e. The van der Waals surface area contributed by atoms with Gasteiger partial charge in [-0.25, -0.2) is 0 Å². The molecule has 1 fully saturated rings. The van der Waals surface area contributed by atoms with E-state index in [0.717, 1.165) is 25.3 Å². The van der Waals surface area contributed by atoms with Crippen LogP contribution in [0.3, 0.4) is 0 Å². The van der Waals surface area contributed by atoms with Crippen LogP contribution in [0.2, 0.25) is 5.02 Å². The second kappa shape index (κ2) is 9.20. The molecule has 31 heavy (non-hydrogen) atoms. The number of carbonyl (C=O) groups excluding carboxylic acids is 1. The predicted octanol–water partition coefficient (Wildman–Crippen LogP) is 4.10. The van der Waals surface area contributed by atoms with Gasteiger partial charge >= 0.3 is 0 Å². The number of nitrogens with one attached hydrogen (secondary N) is 1. The number of likely N-dealkylation sites (N-methyl/N-ethyl adjacent to an activating group) is 1. The molecule has 7 heteroatoms. The number of halogens is 1. The van der Waals surface area contributed by atoms with E-state index in [0.29, 0.717) is 24.2 Å². The number of amides is 1. The van der Waals surface area contributed by atoms with Gasteiger partial charge in [0.05, 0.1) is 5.02 Å². The van der Waals surface area contributed by atoms with Crippen molar-refractivity contribution in [3.63, 3.8) is 0 Å². The van der Waals surface area contributed by atoms with Crippen LogP contribution < -0.4 is 10.2 Å². The molecule has 2 aliphatic heterocycles. The van der Waals surface area contributed by atoms with Crippen molar-refractivity contribution < 1.29 is 15.0 Å². The van der Waals surface area contributed by atoms with E-state index in [1.807, 2.05) is 30.0 Å². The zero-order chi connectivity index (χ0) is 22.0. The highest BCUT2D eigenvalue weighted by atomic mass is 35.5. The lowest BCUT2D eigenvalue weighted by Crippen LogP contribution is -2.43. The van der Waals surface area contributed by atoms with Crippen molar-refractivity contribution in [3.05, 3.63) is 58.6 Å². The van der Waals surface area contributed by atoms with Gasteiger partial charge in [0.2, 0.25) is 5.91 Å². The van der Waals surface area contributed by atoms with Gasteiger partial charge < -0.3 is 20.4 Å². The van der Waals surface area contributed by atoms with Gasteiger partial charge in [-0.2, -0.15) is 0 Å². The number of nitrogens with zero attached hydrogens (tertiary/aromatic N) is 2. The van der Waals surface area contributed by atoms with Gasteiger partial charge in [-0.3, -0.25) is 9.69 Å². The monoisotopic (exact) mass is 441 g/mol. The van der Waals surface area contributed by atoms with Crippen molar-refractivity contribution in [2.75, 3.05) is 24.5 Å². The van der Waals surface area contributed by atoms with Gasteiger partial charge in [0, 0.05) is 36.1 Å².